The van der Waals surface area contributed by atoms with Gasteiger partial charge in [0.25, 0.3) is 0 Å². The Morgan fingerprint density at radius 1 is 0.921 bits per heavy atom. The van der Waals surface area contributed by atoms with Crippen LogP contribution in [0.1, 0.15) is 103 Å². The van der Waals surface area contributed by atoms with Crippen LogP contribution in [0.15, 0.2) is 0 Å². The number of phosphoric acid groups is 2. The quantitative estimate of drug-likeness (QED) is 0.0718. The van der Waals surface area contributed by atoms with Gasteiger partial charge in [-0.1, -0.05) is 90.4 Å². The second-order valence-corrected chi connectivity index (χ2v) is 12.8. The molecule has 1 heterocycles. The van der Waals surface area contributed by atoms with E-state index in [1.54, 1.807) is 0 Å². The highest BCUT2D eigenvalue weighted by atomic mass is 31.3. The van der Waals surface area contributed by atoms with Gasteiger partial charge in [-0.15, -0.1) is 0 Å². The Bertz CT molecular complexity index is 721. The largest absolute Gasteiger partial charge is 0.484 e. The predicted molar refractivity (Wildman–Crippen MR) is 143 cm³/mol. The highest BCUT2D eigenvalue weighted by molar-refractivity contribution is 7.61. The number of unbranched alkanes of at least 4 members (excludes halogenated alkanes) is 13. The van der Waals surface area contributed by atoms with E-state index in [1.165, 1.54) is 70.6 Å². The fourth-order valence-corrected chi connectivity index (χ4v) is 6.76. The molecule has 0 aromatic rings. The molecule has 14 heteroatoms. The number of hydrogen-bond acceptors (Lipinski definition) is 9. The number of carbonyl (C=O) groups is 1. The number of hydrogen-bond donors (Lipinski definition) is 5. The number of rotatable bonds is 25. The third-order valence-corrected chi connectivity index (χ3v) is 9.07. The molecule has 0 radical (unpaired) electrons. The molecular weight excluding hydrogens is 540 g/mol. The topological polar surface area (TPSA) is 181 Å². The van der Waals surface area contributed by atoms with Crippen LogP contribution in [0.5, 0.6) is 0 Å². The number of phosphoric ester groups is 1. The maximum absolute atomic E-state index is 12.9. The van der Waals surface area contributed by atoms with Gasteiger partial charge in [-0.05, 0) is 19.4 Å². The van der Waals surface area contributed by atoms with Crippen molar-refractivity contribution in [3.63, 3.8) is 0 Å². The van der Waals surface area contributed by atoms with E-state index in [2.05, 4.69) is 16.6 Å². The molecule has 226 valence electrons. The van der Waals surface area contributed by atoms with Crippen molar-refractivity contribution in [2.45, 2.75) is 121 Å². The zero-order chi connectivity index (χ0) is 28.3. The summed E-state index contributed by atoms with van der Waals surface area (Å²) in [5, 5.41) is 21.4. The zero-order valence-corrected chi connectivity index (χ0v) is 24.5. The summed E-state index contributed by atoms with van der Waals surface area (Å²) in [4.78, 5) is 29.6. The number of aliphatic hydroxyl groups excluding tert-OH is 1. The number of nitrogens with one attached hydrogen (secondary N) is 1. The van der Waals surface area contributed by atoms with Crippen molar-refractivity contribution < 1.29 is 52.0 Å². The van der Waals surface area contributed by atoms with Gasteiger partial charge in [0.2, 0.25) is 0 Å². The van der Waals surface area contributed by atoms with Crippen molar-refractivity contribution in [3.8, 4) is 0 Å². The molecule has 1 saturated heterocycles. The van der Waals surface area contributed by atoms with Gasteiger partial charge in [0.1, 0.15) is 12.1 Å². The van der Waals surface area contributed by atoms with Gasteiger partial charge >= 0.3 is 21.6 Å². The number of carboxylic acid groups (broad SMARTS) is 1. The lowest BCUT2D eigenvalue weighted by Crippen LogP contribution is -2.39. The Hall–Kier alpha value is -0.390. The van der Waals surface area contributed by atoms with Crippen LogP contribution in [0.3, 0.4) is 0 Å². The predicted octanol–water partition coefficient (Wildman–Crippen LogP) is 4.91. The molecule has 0 aromatic heterocycles. The minimum Gasteiger partial charge on any atom is -0.480 e. The Kier molecular flexibility index (Phi) is 19.2. The number of carboxylic acids is 1. The van der Waals surface area contributed by atoms with Crippen LogP contribution in [-0.2, 0) is 32.0 Å². The third-order valence-electron chi connectivity index (χ3n) is 6.33. The second kappa shape index (κ2) is 20.5. The lowest BCUT2D eigenvalue weighted by Gasteiger charge is -2.26. The Balaban J connectivity index is 2.24. The Morgan fingerprint density at radius 2 is 1.45 bits per heavy atom. The van der Waals surface area contributed by atoms with Gasteiger partial charge in [-0.2, -0.15) is 4.31 Å². The van der Waals surface area contributed by atoms with E-state index in [-0.39, 0.29) is 19.6 Å². The summed E-state index contributed by atoms with van der Waals surface area (Å²) in [7, 11) is -10.3. The van der Waals surface area contributed by atoms with Crippen LogP contribution in [0.2, 0.25) is 0 Å². The monoisotopic (exact) mass is 589 g/mol. The minimum atomic E-state index is -5.32. The van der Waals surface area contributed by atoms with Crippen LogP contribution in [0, 0.1) is 0 Å². The molecule has 1 rings (SSSR count). The van der Waals surface area contributed by atoms with E-state index in [0.717, 1.165) is 19.3 Å². The average molecular weight is 590 g/mol. The van der Waals surface area contributed by atoms with Crippen LogP contribution >= 0.6 is 15.6 Å². The summed E-state index contributed by atoms with van der Waals surface area (Å²) in [5.74, 6) is -1.29. The van der Waals surface area contributed by atoms with Gasteiger partial charge in [0.15, 0.2) is 0 Å². The van der Waals surface area contributed by atoms with Crippen LogP contribution < -0.4 is 5.32 Å². The van der Waals surface area contributed by atoms with E-state index in [4.69, 9.17) is 23.6 Å². The van der Waals surface area contributed by atoms with Gasteiger partial charge in [0, 0.05) is 6.61 Å². The standard InChI is InChI=1S/C24H49NO11P2/c1-2-3-4-5-6-7-8-9-10-11-12-13-14-15-18-33-20-21(19-26)34-38(32,36-37(29,30)31)35-22-16-17-25-23(22)24(27)28/h21-23,25-26H,2-20H2,1H3,(H,27,28)(H2,29,30,31)/t21-,22?,23-,38?/m0/s1. The Morgan fingerprint density at radius 3 is 1.92 bits per heavy atom. The summed E-state index contributed by atoms with van der Waals surface area (Å²) in [5.41, 5.74) is 0. The molecule has 1 aliphatic rings. The molecule has 0 aliphatic carbocycles. The molecule has 12 nitrogen and oxygen atoms in total. The van der Waals surface area contributed by atoms with Crippen LogP contribution in [-0.4, -0.2) is 70.6 Å². The molecule has 1 fully saturated rings. The van der Waals surface area contributed by atoms with E-state index in [9.17, 15) is 24.1 Å². The fourth-order valence-electron chi connectivity index (χ4n) is 4.31. The van der Waals surface area contributed by atoms with E-state index in [0.29, 0.717) is 6.61 Å². The molecule has 2 unspecified atom stereocenters. The Labute approximate surface area is 227 Å². The summed E-state index contributed by atoms with van der Waals surface area (Å²) >= 11 is 0. The first-order chi connectivity index (χ1) is 18.1. The molecule has 4 atom stereocenters. The zero-order valence-electron chi connectivity index (χ0n) is 22.7. The van der Waals surface area contributed by atoms with Crippen molar-refractivity contribution in [2.75, 3.05) is 26.4 Å². The summed E-state index contributed by atoms with van der Waals surface area (Å²) in [6, 6.07) is -1.25. The summed E-state index contributed by atoms with van der Waals surface area (Å²) < 4.78 is 44.3. The van der Waals surface area contributed by atoms with Crippen molar-refractivity contribution in [1.82, 2.24) is 5.32 Å². The van der Waals surface area contributed by atoms with Crippen LogP contribution in [0.4, 0.5) is 0 Å². The highest BCUT2D eigenvalue weighted by Crippen LogP contribution is 2.62. The number of ether oxygens (including phenoxy) is 1. The molecule has 0 amide bonds. The van der Waals surface area contributed by atoms with E-state index in [1.807, 2.05) is 0 Å². The molecule has 38 heavy (non-hydrogen) atoms. The van der Waals surface area contributed by atoms with Gasteiger partial charge in [-0.3, -0.25) is 13.8 Å². The first kappa shape index (κ1) is 35.6. The van der Waals surface area contributed by atoms with Crippen molar-refractivity contribution >= 4 is 21.6 Å². The van der Waals surface area contributed by atoms with Crippen molar-refractivity contribution in [1.29, 1.82) is 0 Å². The third kappa shape index (κ3) is 17.3. The molecule has 0 aromatic carbocycles. The number of aliphatic hydroxyl groups is 1. The van der Waals surface area contributed by atoms with Crippen molar-refractivity contribution in [2.24, 2.45) is 0 Å². The van der Waals surface area contributed by atoms with E-state index < -0.39 is 46.5 Å². The maximum Gasteiger partial charge on any atom is 0.484 e. The van der Waals surface area contributed by atoms with Crippen LogP contribution in [0.25, 0.3) is 0 Å². The van der Waals surface area contributed by atoms with Gasteiger partial charge < -0.3 is 30.1 Å². The highest BCUT2D eigenvalue weighted by Gasteiger charge is 2.45. The summed E-state index contributed by atoms with van der Waals surface area (Å²) in [6.45, 7) is 1.94. The fraction of sp³-hybridized carbons (Fsp3) is 0.958. The van der Waals surface area contributed by atoms with E-state index >= 15 is 0 Å². The molecule has 0 saturated carbocycles. The SMILES string of the molecule is CCCCCCCCCCCCCCCCOC[C@H](CO)OP(=O)(OC1CCN[C@@H]1C(=O)O)OP(=O)(O)O. The molecule has 0 spiro atoms. The minimum absolute atomic E-state index is 0.105. The molecule has 1 aliphatic heterocycles. The molecule has 5 N–H and O–H groups in total. The molecule has 0 bridgehead atoms. The smallest absolute Gasteiger partial charge is 0.480 e. The maximum atomic E-state index is 12.9. The van der Waals surface area contributed by atoms with Gasteiger partial charge in [-0.25, -0.2) is 9.13 Å². The first-order valence-electron chi connectivity index (χ1n) is 14.0. The average Bonchev–Trinajstić information content (AvgIpc) is 3.29. The number of aliphatic carboxylic acids is 1. The lowest BCUT2D eigenvalue weighted by atomic mass is 10.0. The normalized spacial score (nSPS) is 20.4. The second-order valence-electron chi connectivity index (χ2n) is 9.80. The van der Waals surface area contributed by atoms with Crippen molar-refractivity contribution in [3.05, 3.63) is 0 Å². The summed E-state index contributed by atoms with van der Waals surface area (Å²) in [6.07, 6.45) is 14.9. The van der Waals surface area contributed by atoms with Gasteiger partial charge in [0.05, 0.1) is 19.3 Å². The lowest BCUT2D eigenvalue weighted by molar-refractivity contribution is -0.141. The first-order valence-corrected chi connectivity index (χ1v) is 17.0. The molecular formula is C24H49NO11P2.